The maximum absolute atomic E-state index is 11.5. The highest BCUT2D eigenvalue weighted by molar-refractivity contribution is 5.71. The van der Waals surface area contributed by atoms with Gasteiger partial charge in [-0.05, 0) is 31.1 Å². The summed E-state index contributed by atoms with van der Waals surface area (Å²) in [5, 5.41) is 8.51. The quantitative estimate of drug-likeness (QED) is 0.404. The van der Waals surface area contributed by atoms with Crippen molar-refractivity contribution in [3.05, 3.63) is 0 Å². The second-order valence-corrected chi connectivity index (χ2v) is 6.25. The van der Waals surface area contributed by atoms with Gasteiger partial charge in [0, 0.05) is 12.8 Å². The first kappa shape index (κ1) is 19.9. The van der Waals surface area contributed by atoms with Gasteiger partial charge in [0.25, 0.3) is 0 Å². The third kappa shape index (κ3) is 13.7. The van der Waals surface area contributed by atoms with Crippen molar-refractivity contribution in [2.24, 2.45) is 11.8 Å². The first-order valence-corrected chi connectivity index (χ1v) is 8.33. The summed E-state index contributed by atoms with van der Waals surface area (Å²) in [4.78, 5) is 21.8. The first-order valence-electron chi connectivity index (χ1n) is 8.33. The number of carboxylic acid groups (broad SMARTS) is 1. The fourth-order valence-corrected chi connectivity index (χ4v) is 2.53. The zero-order valence-electron chi connectivity index (χ0n) is 13.9. The molecule has 0 saturated carbocycles. The lowest BCUT2D eigenvalue weighted by Gasteiger charge is -2.18. The molecule has 0 rings (SSSR count). The van der Waals surface area contributed by atoms with Gasteiger partial charge in [0.15, 0.2) is 0 Å². The molecule has 0 heterocycles. The van der Waals surface area contributed by atoms with Crippen LogP contribution in [0.4, 0.5) is 0 Å². The first-order chi connectivity index (χ1) is 9.95. The van der Waals surface area contributed by atoms with E-state index in [1.165, 1.54) is 32.1 Å². The highest BCUT2D eigenvalue weighted by atomic mass is 16.5. The molecule has 0 fully saturated rings. The largest absolute Gasteiger partial charge is 0.481 e. The highest BCUT2D eigenvalue weighted by Gasteiger charge is 2.12. The maximum atomic E-state index is 11.5. The highest BCUT2D eigenvalue weighted by Crippen LogP contribution is 2.22. The Morgan fingerprint density at radius 3 is 2.33 bits per heavy atom. The van der Waals surface area contributed by atoms with Crippen LogP contribution in [0.25, 0.3) is 0 Å². The molecule has 0 aromatic rings. The number of ether oxygens (including phenoxy) is 1. The number of carbonyl (C=O) groups is 2. The summed E-state index contributed by atoms with van der Waals surface area (Å²) in [6.07, 6.45) is 7.66. The topological polar surface area (TPSA) is 63.6 Å². The zero-order valence-corrected chi connectivity index (χ0v) is 13.9. The van der Waals surface area contributed by atoms with Gasteiger partial charge in [0.05, 0.1) is 6.61 Å². The molecule has 21 heavy (non-hydrogen) atoms. The second-order valence-electron chi connectivity index (χ2n) is 6.25. The van der Waals surface area contributed by atoms with E-state index in [2.05, 4.69) is 20.8 Å². The van der Waals surface area contributed by atoms with Crippen LogP contribution in [-0.2, 0) is 14.3 Å². The number of rotatable bonds is 13. The molecular weight excluding hydrogens is 268 g/mol. The number of aliphatic carboxylic acids is 1. The summed E-state index contributed by atoms with van der Waals surface area (Å²) in [6.45, 7) is 7.13. The van der Waals surface area contributed by atoms with Gasteiger partial charge in [-0.25, -0.2) is 0 Å². The van der Waals surface area contributed by atoms with Crippen molar-refractivity contribution in [3.63, 3.8) is 0 Å². The standard InChI is InChI=1S/C17H32O4/c1-4-5-6-8-15(13-14(2)3)11-12-21-17(20)10-7-9-16(18)19/h14-15H,4-13H2,1-3H3,(H,18,19). The third-order valence-electron chi connectivity index (χ3n) is 3.58. The van der Waals surface area contributed by atoms with E-state index in [1.807, 2.05) is 0 Å². The van der Waals surface area contributed by atoms with Crippen LogP contribution < -0.4 is 0 Å². The number of esters is 1. The van der Waals surface area contributed by atoms with Crippen molar-refractivity contribution >= 4 is 11.9 Å². The Kier molecular flexibility index (Phi) is 12.0. The van der Waals surface area contributed by atoms with Crippen LogP contribution in [0.15, 0.2) is 0 Å². The summed E-state index contributed by atoms with van der Waals surface area (Å²) in [5.74, 6) is 0.162. The molecule has 0 aromatic carbocycles. The van der Waals surface area contributed by atoms with Crippen LogP contribution in [0.3, 0.4) is 0 Å². The normalized spacial score (nSPS) is 12.4. The average molecular weight is 300 g/mol. The molecule has 0 amide bonds. The van der Waals surface area contributed by atoms with Crippen LogP contribution in [0.2, 0.25) is 0 Å². The van der Waals surface area contributed by atoms with Gasteiger partial charge in [-0.1, -0.05) is 46.5 Å². The minimum atomic E-state index is -0.865. The Bertz CT molecular complexity index is 287. The number of hydrogen-bond donors (Lipinski definition) is 1. The fourth-order valence-electron chi connectivity index (χ4n) is 2.53. The summed E-state index contributed by atoms with van der Waals surface area (Å²) >= 11 is 0. The van der Waals surface area contributed by atoms with E-state index in [0.717, 1.165) is 6.42 Å². The van der Waals surface area contributed by atoms with Crippen LogP contribution in [0.5, 0.6) is 0 Å². The number of hydrogen-bond acceptors (Lipinski definition) is 3. The lowest BCUT2D eigenvalue weighted by atomic mass is 9.90. The van der Waals surface area contributed by atoms with Gasteiger partial charge in [-0.2, -0.15) is 0 Å². The Morgan fingerprint density at radius 1 is 1.05 bits per heavy atom. The Balaban J connectivity index is 3.83. The van der Waals surface area contributed by atoms with Gasteiger partial charge >= 0.3 is 11.9 Å². The molecule has 0 saturated heterocycles. The van der Waals surface area contributed by atoms with E-state index < -0.39 is 5.97 Å². The minimum Gasteiger partial charge on any atom is -0.481 e. The van der Waals surface area contributed by atoms with Crippen LogP contribution in [0, 0.1) is 11.8 Å². The molecule has 4 heteroatoms. The van der Waals surface area contributed by atoms with Crippen molar-refractivity contribution in [1.82, 2.24) is 0 Å². The van der Waals surface area contributed by atoms with Crippen LogP contribution in [-0.4, -0.2) is 23.7 Å². The second kappa shape index (κ2) is 12.7. The van der Waals surface area contributed by atoms with Crippen molar-refractivity contribution in [1.29, 1.82) is 0 Å². The lowest BCUT2D eigenvalue weighted by Crippen LogP contribution is -2.12. The lowest BCUT2D eigenvalue weighted by molar-refractivity contribution is -0.144. The molecule has 1 N–H and O–H groups in total. The van der Waals surface area contributed by atoms with E-state index in [9.17, 15) is 9.59 Å². The smallest absolute Gasteiger partial charge is 0.305 e. The van der Waals surface area contributed by atoms with Crippen molar-refractivity contribution in [3.8, 4) is 0 Å². The van der Waals surface area contributed by atoms with E-state index in [1.54, 1.807) is 0 Å². The van der Waals surface area contributed by atoms with Crippen molar-refractivity contribution in [2.45, 2.75) is 78.6 Å². The summed E-state index contributed by atoms with van der Waals surface area (Å²) in [6, 6.07) is 0. The van der Waals surface area contributed by atoms with Crippen LogP contribution in [0.1, 0.15) is 78.6 Å². The Morgan fingerprint density at radius 2 is 1.76 bits per heavy atom. The van der Waals surface area contributed by atoms with Crippen molar-refractivity contribution in [2.75, 3.05) is 6.61 Å². The Labute approximate surface area is 129 Å². The molecule has 0 aliphatic rings. The maximum Gasteiger partial charge on any atom is 0.305 e. The molecule has 0 aliphatic carbocycles. The van der Waals surface area contributed by atoms with Gasteiger partial charge < -0.3 is 9.84 Å². The minimum absolute atomic E-state index is 0.0299. The van der Waals surface area contributed by atoms with Crippen molar-refractivity contribution < 1.29 is 19.4 Å². The van der Waals surface area contributed by atoms with Gasteiger partial charge in [-0.3, -0.25) is 9.59 Å². The molecule has 0 aromatic heterocycles. The Hall–Kier alpha value is -1.06. The van der Waals surface area contributed by atoms with E-state index in [4.69, 9.17) is 9.84 Å². The van der Waals surface area contributed by atoms with Gasteiger partial charge in [0.1, 0.15) is 0 Å². The number of unbranched alkanes of at least 4 members (excludes halogenated alkanes) is 2. The third-order valence-corrected chi connectivity index (χ3v) is 3.58. The molecule has 0 spiro atoms. The SMILES string of the molecule is CCCCCC(CCOC(=O)CCCC(=O)O)CC(C)C. The summed E-state index contributed by atoms with van der Waals surface area (Å²) < 4.78 is 5.21. The zero-order chi connectivity index (χ0) is 16.1. The molecule has 1 atom stereocenters. The number of carboxylic acids is 1. The van der Waals surface area contributed by atoms with E-state index >= 15 is 0 Å². The molecule has 0 bridgehead atoms. The fraction of sp³-hybridized carbons (Fsp3) is 0.882. The van der Waals surface area contributed by atoms with E-state index in [-0.39, 0.29) is 18.8 Å². The predicted octanol–water partition coefficient (Wildman–Crippen LogP) is 4.42. The molecule has 124 valence electrons. The van der Waals surface area contributed by atoms with Gasteiger partial charge in [-0.15, -0.1) is 0 Å². The molecule has 4 nitrogen and oxygen atoms in total. The molecular formula is C17H32O4. The summed E-state index contributed by atoms with van der Waals surface area (Å²) in [7, 11) is 0. The average Bonchev–Trinajstić information content (AvgIpc) is 2.37. The predicted molar refractivity (Wildman–Crippen MR) is 84.1 cm³/mol. The monoisotopic (exact) mass is 300 g/mol. The van der Waals surface area contributed by atoms with Crippen LogP contribution >= 0.6 is 0 Å². The van der Waals surface area contributed by atoms with E-state index in [0.29, 0.717) is 24.9 Å². The summed E-state index contributed by atoms with van der Waals surface area (Å²) in [5.41, 5.74) is 0. The molecule has 0 radical (unpaired) electrons. The molecule has 0 aliphatic heterocycles. The number of carbonyl (C=O) groups excluding carboxylic acids is 1. The van der Waals surface area contributed by atoms with Gasteiger partial charge in [0.2, 0.25) is 0 Å². The molecule has 1 unspecified atom stereocenters.